The van der Waals surface area contributed by atoms with Crippen molar-refractivity contribution < 1.29 is 13.2 Å². The summed E-state index contributed by atoms with van der Waals surface area (Å²) in [7, 11) is -1.93. The van der Waals surface area contributed by atoms with Crippen LogP contribution in [-0.2, 0) is 16.4 Å². The summed E-state index contributed by atoms with van der Waals surface area (Å²) in [5, 5.41) is 3.05. The van der Waals surface area contributed by atoms with E-state index in [0.29, 0.717) is 36.8 Å². The maximum Gasteiger partial charge on any atom is 0.243 e. The van der Waals surface area contributed by atoms with Crippen LogP contribution in [0.15, 0.2) is 58.8 Å². The smallest absolute Gasteiger partial charge is 0.243 e. The molecule has 1 aliphatic rings. The number of methoxy groups -OCH3 is 1. The van der Waals surface area contributed by atoms with Gasteiger partial charge in [-0.3, -0.25) is 0 Å². The molecule has 0 aliphatic carbocycles. The number of ether oxygens (including phenoxy) is 1. The molecule has 0 atom stereocenters. The van der Waals surface area contributed by atoms with Crippen LogP contribution in [0.3, 0.4) is 0 Å². The molecule has 3 aromatic rings. The first kappa shape index (κ1) is 20.8. The minimum absolute atomic E-state index is 0.298. The zero-order valence-corrected chi connectivity index (χ0v) is 18.7. The number of aromatic nitrogens is 1. The highest BCUT2D eigenvalue weighted by atomic mass is 32.2. The quantitative estimate of drug-likeness (QED) is 0.583. The molecule has 0 radical (unpaired) electrons. The molecule has 2 heterocycles. The van der Waals surface area contributed by atoms with Gasteiger partial charge in [-0.05, 0) is 36.8 Å². The van der Waals surface area contributed by atoms with Gasteiger partial charge in [-0.25, -0.2) is 13.4 Å². The summed E-state index contributed by atoms with van der Waals surface area (Å²) in [6.45, 7) is 4.24. The van der Waals surface area contributed by atoms with Crippen molar-refractivity contribution in [1.82, 2.24) is 9.29 Å². The average molecular weight is 444 g/mol. The van der Waals surface area contributed by atoms with Crippen LogP contribution in [-0.4, -0.2) is 51.0 Å². The minimum atomic E-state index is -3.50. The lowest BCUT2D eigenvalue weighted by Crippen LogP contribution is -2.48. The summed E-state index contributed by atoms with van der Waals surface area (Å²) in [6.07, 6.45) is 0.808. The fourth-order valence-electron chi connectivity index (χ4n) is 3.45. The lowest BCUT2D eigenvalue weighted by Gasteiger charge is -2.33. The normalized spacial score (nSPS) is 15.3. The first-order valence-corrected chi connectivity index (χ1v) is 12.2. The highest BCUT2D eigenvalue weighted by molar-refractivity contribution is 7.89. The second-order valence-corrected chi connectivity index (χ2v) is 10.1. The summed E-state index contributed by atoms with van der Waals surface area (Å²) >= 11 is 1.62. The first-order valence-electron chi connectivity index (χ1n) is 9.85. The molecule has 4 rings (SSSR count). The number of benzene rings is 2. The van der Waals surface area contributed by atoms with Gasteiger partial charge in [0.05, 0.1) is 17.7 Å². The third-order valence-corrected chi connectivity index (χ3v) is 8.11. The van der Waals surface area contributed by atoms with Gasteiger partial charge < -0.3 is 9.64 Å². The largest absolute Gasteiger partial charge is 0.497 e. The average Bonchev–Trinajstić information content (AvgIpc) is 3.24. The number of nitrogens with zero attached hydrogens (tertiary/aromatic N) is 3. The molecule has 0 saturated carbocycles. The van der Waals surface area contributed by atoms with Gasteiger partial charge in [0.2, 0.25) is 10.0 Å². The molecular weight excluding hydrogens is 418 g/mol. The Labute approximate surface area is 181 Å². The molecule has 0 unspecified atom stereocenters. The highest BCUT2D eigenvalue weighted by Crippen LogP contribution is 2.26. The summed E-state index contributed by atoms with van der Waals surface area (Å²) in [4.78, 5) is 7.25. The number of thiazole rings is 1. The molecule has 1 fully saturated rings. The van der Waals surface area contributed by atoms with Crippen molar-refractivity contribution in [3.05, 3.63) is 70.7 Å². The minimum Gasteiger partial charge on any atom is -0.497 e. The van der Waals surface area contributed by atoms with Crippen molar-refractivity contribution in [1.29, 1.82) is 0 Å². The van der Waals surface area contributed by atoms with Crippen molar-refractivity contribution >= 4 is 26.5 Å². The fraction of sp³-hybridized carbons (Fsp3) is 0.318. The fourth-order valence-corrected chi connectivity index (χ4v) is 5.76. The maximum absolute atomic E-state index is 12.9. The van der Waals surface area contributed by atoms with Gasteiger partial charge in [0.25, 0.3) is 0 Å². The van der Waals surface area contributed by atoms with E-state index in [2.05, 4.69) is 41.5 Å². The number of aryl methyl sites for hydroxylation is 1. The topological polar surface area (TPSA) is 62.7 Å². The van der Waals surface area contributed by atoms with E-state index in [4.69, 9.17) is 9.72 Å². The molecule has 6 nitrogen and oxygen atoms in total. The molecule has 0 bridgehead atoms. The second-order valence-electron chi connectivity index (χ2n) is 7.35. The monoisotopic (exact) mass is 443 g/mol. The maximum atomic E-state index is 12.9. The van der Waals surface area contributed by atoms with E-state index in [-0.39, 0.29) is 0 Å². The van der Waals surface area contributed by atoms with Crippen LogP contribution in [0.25, 0.3) is 0 Å². The van der Waals surface area contributed by atoms with E-state index in [1.54, 1.807) is 47.0 Å². The van der Waals surface area contributed by atoms with Gasteiger partial charge in [-0.1, -0.05) is 29.8 Å². The van der Waals surface area contributed by atoms with Crippen molar-refractivity contribution in [2.75, 3.05) is 38.2 Å². The molecule has 0 amide bonds. The lowest BCUT2D eigenvalue weighted by atomic mass is 10.1. The molecule has 1 aromatic heterocycles. The Bertz CT molecular complexity index is 1090. The third kappa shape index (κ3) is 4.50. The van der Waals surface area contributed by atoms with Gasteiger partial charge in [0.1, 0.15) is 5.75 Å². The van der Waals surface area contributed by atoms with Crippen LogP contribution in [0.4, 0.5) is 5.13 Å². The molecule has 1 saturated heterocycles. The summed E-state index contributed by atoms with van der Waals surface area (Å²) < 4.78 is 32.5. The Morgan fingerprint density at radius 2 is 1.67 bits per heavy atom. The van der Waals surface area contributed by atoms with E-state index in [9.17, 15) is 8.42 Å². The van der Waals surface area contributed by atoms with E-state index >= 15 is 0 Å². The van der Waals surface area contributed by atoms with E-state index in [1.807, 2.05) is 0 Å². The van der Waals surface area contributed by atoms with Gasteiger partial charge in [-0.2, -0.15) is 4.31 Å². The lowest BCUT2D eigenvalue weighted by molar-refractivity contribution is 0.384. The highest BCUT2D eigenvalue weighted by Gasteiger charge is 2.29. The van der Waals surface area contributed by atoms with E-state index in [1.165, 1.54) is 11.1 Å². The van der Waals surface area contributed by atoms with Crippen LogP contribution >= 0.6 is 11.3 Å². The zero-order valence-electron chi connectivity index (χ0n) is 17.1. The molecule has 8 heteroatoms. The van der Waals surface area contributed by atoms with Crippen LogP contribution < -0.4 is 9.64 Å². The Kier molecular flexibility index (Phi) is 6.08. The van der Waals surface area contributed by atoms with Crippen LogP contribution in [0.1, 0.15) is 16.8 Å². The molecule has 0 N–H and O–H groups in total. The van der Waals surface area contributed by atoms with E-state index < -0.39 is 10.0 Å². The second kappa shape index (κ2) is 8.75. The Balaban J connectivity index is 1.38. The Morgan fingerprint density at radius 3 is 2.30 bits per heavy atom. The number of anilines is 1. The van der Waals surface area contributed by atoms with Gasteiger partial charge in [-0.15, -0.1) is 11.3 Å². The third-order valence-electron chi connectivity index (χ3n) is 5.25. The summed E-state index contributed by atoms with van der Waals surface area (Å²) in [5.74, 6) is 0.643. The van der Waals surface area contributed by atoms with Gasteiger partial charge >= 0.3 is 0 Å². The number of piperazine rings is 1. The number of hydrogen-bond acceptors (Lipinski definition) is 6. The number of sulfonamides is 1. The predicted octanol–water partition coefficient (Wildman–Crippen LogP) is 3.56. The molecule has 2 aromatic carbocycles. The predicted molar refractivity (Wildman–Crippen MR) is 120 cm³/mol. The van der Waals surface area contributed by atoms with Crippen molar-refractivity contribution in [2.45, 2.75) is 18.2 Å². The number of hydrogen-bond donors (Lipinski definition) is 0. The number of rotatable bonds is 6. The van der Waals surface area contributed by atoms with Crippen molar-refractivity contribution in [2.24, 2.45) is 0 Å². The van der Waals surface area contributed by atoms with Crippen molar-refractivity contribution in [3.8, 4) is 5.75 Å². The molecule has 1 aliphatic heterocycles. The SMILES string of the molecule is COc1ccc(S(=O)(=O)N2CCN(c3nc(Cc4ccc(C)cc4)cs3)CC2)cc1. The van der Waals surface area contributed by atoms with Gasteiger partial charge in [0.15, 0.2) is 5.13 Å². The van der Waals surface area contributed by atoms with Crippen molar-refractivity contribution in [3.63, 3.8) is 0 Å². The summed E-state index contributed by atoms with van der Waals surface area (Å²) in [6, 6.07) is 15.0. The summed E-state index contributed by atoms with van der Waals surface area (Å²) in [5.41, 5.74) is 3.54. The Hall–Kier alpha value is -2.42. The standard InChI is InChI=1S/C22H25N3O3S2/c1-17-3-5-18(6-4-17)15-19-16-29-22(23-19)24-11-13-25(14-12-24)30(26,27)21-9-7-20(28-2)8-10-21/h3-10,16H,11-15H2,1-2H3. The molecular formula is C22H25N3O3S2. The first-order chi connectivity index (χ1) is 14.5. The van der Waals surface area contributed by atoms with E-state index in [0.717, 1.165) is 17.2 Å². The molecule has 30 heavy (non-hydrogen) atoms. The Morgan fingerprint density at radius 1 is 1.00 bits per heavy atom. The van der Waals surface area contributed by atoms with Crippen LogP contribution in [0, 0.1) is 6.92 Å². The molecule has 0 spiro atoms. The van der Waals surface area contributed by atoms with Crippen LogP contribution in [0.2, 0.25) is 0 Å². The molecule has 158 valence electrons. The van der Waals surface area contributed by atoms with Gasteiger partial charge in [0, 0.05) is 38.0 Å². The van der Waals surface area contributed by atoms with Crippen LogP contribution in [0.5, 0.6) is 5.75 Å². The zero-order chi connectivity index (χ0) is 21.1.